The number of rotatable bonds is 3. The first-order chi connectivity index (χ1) is 10.5. The highest BCUT2D eigenvalue weighted by molar-refractivity contribution is 6.02. The smallest absolute Gasteiger partial charge is 0.426 e. The molecular formula is C16H18N2O4. The van der Waals surface area contributed by atoms with Gasteiger partial charge in [0.15, 0.2) is 0 Å². The van der Waals surface area contributed by atoms with Gasteiger partial charge in [0.25, 0.3) is 5.91 Å². The summed E-state index contributed by atoms with van der Waals surface area (Å²) in [5.41, 5.74) is 7.46. The number of hydrogen-bond donors (Lipinski definition) is 2. The van der Waals surface area contributed by atoms with Crippen LogP contribution >= 0.6 is 0 Å². The molecule has 6 heteroatoms. The largest absolute Gasteiger partial charge is 0.464 e. The Balaban J connectivity index is 2.30. The van der Waals surface area contributed by atoms with Gasteiger partial charge in [-0.25, -0.2) is 10.2 Å². The Morgan fingerprint density at radius 3 is 2.64 bits per heavy atom. The Hall–Kier alpha value is -2.76. The third kappa shape index (κ3) is 3.46. The zero-order valence-electron chi connectivity index (χ0n) is 12.7. The minimum atomic E-state index is -0.708. The van der Waals surface area contributed by atoms with Crippen LogP contribution in [0.5, 0.6) is 0 Å². The molecule has 0 bridgehead atoms. The summed E-state index contributed by atoms with van der Waals surface area (Å²) in [6.07, 6.45) is 0.839. The first kappa shape index (κ1) is 15.6. The van der Waals surface area contributed by atoms with Crippen molar-refractivity contribution in [3.8, 4) is 11.3 Å². The molecule has 0 spiro atoms. The van der Waals surface area contributed by atoms with Gasteiger partial charge in [-0.05, 0) is 44.5 Å². The van der Waals surface area contributed by atoms with Gasteiger partial charge in [-0.3, -0.25) is 10.2 Å². The normalized spacial score (nSPS) is 10.1. The SMILES string of the molecule is CCOC(=O)NNC(=O)c1c(C)cc(C)cc1-c1ccco1. The fourth-order valence-electron chi connectivity index (χ4n) is 2.23. The quantitative estimate of drug-likeness (QED) is 0.854. The van der Waals surface area contributed by atoms with Crippen LogP contribution in [-0.4, -0.2) is 18.6 Å². The van der Waals surface area contributed by atoms with Crippen molar-refractivity contribution in [2.24, 2.45) is 0 Å². The van der Waals surface area contributed by atoms with Crippen LogP contribution < -0.4 is 10.9 Å². The van der Waals surface area contributed by atoms with Crippen LogP contribution in [0.2, 0.25) is 0 Å². The molecule has 22 heavy (non-hydrogen) atoms. The zero-order chi connectivity index (χ0) is 16.1. The summed E-state index contributed by atoms with van der Waals surface area (Å²) >= 11 is 0. The maximum atomic E-state index is 12.4. The van der Waals surface area contributed by atoms with E-state index in [9.17, 15) is 9.59 Å². The van der Waals surface area contributed by atoms with E-state index in [0.29, 0.717) is 16.9 Å². The number of carbonyl (C=O) groups is 2. The summed E-state index contributed by atoms with van der Waals surface area (Å²) in [4.78, 5) is 23.6. The fraction of sp³-hybridized carbons (Fsp3) is 0.250. The summed E-state index contributed by atoms with van der Waals surface area (Å²) in [6, 6.07) is 7.30. The zero-order valence-corrected chi connectivity index (χ0v) is 12.7. The van der Waals surface area contributed by atoms with E-state index in [1.54, 1.807) is 25.3 Å². The highest BCUT2D eigenvalue weighted by Crippen LogP contribution is 2.28. The van der Waals surface area contributed by atoms with E-state index in [-0.39, 0.29) is 6.61 Å². The molecule has 0 aliphatic carbocycles. The van der Waals surface area contributed by atoms with Gasteiger partial charge in [0.05, 0.1) is 18.4 Å². The number of aryl methyl sites for hydroxylation is 2. The van der Waals surface area contributed by atoms with Gasteiger partial charge in [-0.2, -0.15) is 0 Å². The third-order valence-corrected chi connectivity index (χ3v) is 3.05. The van der Waals surface area contributed by atoms with Crippen molar-refractivity contribution < 1.29 is 18.7 Å². The molecule has 2 amide bonds. The van der Waals surface area contributed by atoms with E-state index in [2.05, 4.69) is 10.9 Å². The lowest BCUT2D eigenvalue weighted by atomic mass is 9.97. The number of furan rings is 1. The monoisotopic (exact) mass is 302 g/mol. The van der Waals surface area contributed by atoms with E-state index in [0.717, 1.165) is 11.1 Å². The number of benzene rings is 1. The summed E-state index contributed by atoms with van der Waals surface area (Å²) in [5, 5.41) is 0. The van der Waals surface area contributed by atoms with E-state index in [4.69, 9.17) is 9.15 Å². The lowest BCUT2D eigenvalue weighted by Crippen LogP contribution is -2.42. The average molecular weight is 302 g/mol. The van der Waals surface area contributed by atoms with Crippen molar-refractivity contribution in [3.05, 3.63) is 47.2 Å². The molecule has 0 unspecified atom stereocenters. The highest BCUT2D eigenvalue weighted by Gasteiger charge is 2.18. The Bertz CT molecular complexity index is 678. The Morgan fingerprint density at radius 2 is 2.00 bits per heavy atom. The molecule has 116 valence electrons. The molecule has 0 saturated carbocycles. The third-order valence-electron chi connectivity index (χ3n) is 3.05. The molecule has 1 heterocycles. The van der Waals surface area contributed by atoms with E-state index in [1.807, 2.05) is 26.0 Å². The lowest BCUT2D eigenvalue weighted by Gasteiger charge is -2.13. The molecule has 0 aliphatic rings. The minimum absolute atomic E-state index is 0.225. The van der Waals surface area contributed by atoms with Gasteiger partial charge in [0, 0.05) is 5.56 Å². The molecule has 1 aromatic heterocycles. The predicted molar refractivity (Wildman–Crippen MR) is 81.2 cm³/mol. The maximum absolute atomic E-state index is 12.4. The summed E-state index contributed by atoms with van der Waals surface area (Å²) in [7, 11) is 0. The van der Waals surface area contributed by atoms with Crippen LogP contribution in [0, 0.1) is 13.8 Å². The second-order valence-corrected chi connectivity index (χ2v) is 4.78. The number of ether oxygens (including phenoxy) is 1. The Kier molecular flexibility index (Phi) is 4.83. The van der Waals surface area contributed by atoms with Gasteiger partial charge >= 0.3 is 6.09 Å². The maximum Gasteiger partial charge on any atom is 0.426 e. The van der Waals surface area contributed by atoms with Crippen molar-refractivity contribution in [1.29, 1.82) is 0 Å². The van der Waals surface area contributed by atoms with E-state index >= 15 is 0 Å². The molecule has 0 radical (unpaired) electrons. The van der Waals surface area contributed by atoms with Gasteiger partial charge in [0.2, 0.25) is 0 Å². The molecule has 2 rings (SSSR count). The molecule has 2 N–H and O–H groups in total. The van der Waals surface area contributed by atoms with Crippen molar-refractivity contribution >= 4 is 12.0 Å². The lowest BCUT2D eigenvalue weighted by molar-refractivity contribution is 0.0912. The Labute approximate surface area is 128 Å². The van der Waals surface area contributed by atoms with E-state index in [1.165, 1.54) is 0 Å². The number of hydrazine groups is 1. The molecular weight excluding hydrogens is 284 g/mol. The van der Waals surface area contributed by atoms with Gasteiger partial charge < -0.3 is 9.15 Å². The second-order valence-electron chi connectivity index (χ2n) is 4.78. The first-order valence-corrected chi connectivity index (χ1v) is 6.91. The number of amides is 2. The predicted octanol–water partition coefficient (Wildman–Crippen LogP) is 2.95. The number of hydrogen-bond acceptors (Lipinski definition) is 4. The molecule has 0 fully saturated rings. The van der Waals surface area contributed by atoms with Crippen molar-refractivity contribution in [1.82, 2.24) is 10.9 Å². The fourth-order valence-corrected chi connectivity index (χ4v) is 2.23. The van der Waals surface area contributed by atoms with Crippen molar-refractivity contribution in [2.75, 3.05) is 6.61 Å². The first-order valence-electron chi connectivity index (χ1n) is 6.91. The molecule has 0 aliphatic heterocycles. The van der Waals surface area contributed by atoms with Crippen LogP contribution in [0.1, 0.15) is 28.4 Å². The molecule has 0 atom stereocenters. The van der Waals surface area contributed by atoms with Gasteiger partial charge in [-0.15, -0.1) is 0 Å². The highest BCUT2D eigenvalue weighted by atomic mass is 16.5. The van der Waals surface area contributed by atoms with Crippen LogP contribution in [0.25, 0.3) is 11.3 Å². The summed E-state index contributed by atoms with van der Waals surface area (Å²) < 4.78 is 10.1. The average Bonchev–Trinajstić information content (AvgIpc) is 2.98. The minimum Gasteiger partial charge on any atom is -0.464 e. The Morgan fingerprint density at radius 1 is 1.23 bits per heavy atom. The summed E-state index contributed by atoms with van der Waals surface area (Å²) in [5.74, 6) is 0.157. The van der Waals surface area contributed by atoms with Crippen molar-refractivity contribution in [2.45, 2.75) is 20.8 Å². The van der Waals surface area contributed by atoms with E-state index < -0.39 is 12.0 Å². The number of carbonyl (C=O) groups excluding carboxylic acids is 2. The number of nitrogens with one attached hydrogen (secondary N) is 2. The van der Waals surface area contributed by atoms with Crippen LogP contribution in [0.4, 0.5) is 4.79 Å². The second kappa shape index (κ2) is 6.80. The van der Waals surface area contributed by atoms with Crippen molar-refractivity contribution in [3.63, 3.8) is 0 Å². The van der Waals surface area contributed by atoms with Crippen LogP contribution in [0.15, 0.2) is 34.9 Å². The summed E-state index contributed by atoms with van der Waals surface area (Å²) in [6.45, 7) is 5.68. The standard InChI is InChI=1S/C16H18N2O4/c1-4-21-16(20)18-17-15(19)14-11(3)8-10(2)9-12(14)13-6-5-7-22-13/h5-9H,4H2,1-3H3,(H,17,19)(H,18,20). The topological polar surface area (TPSA) is 80.6 Å². The van der Waals surface area contributed by atoms with Crippen LogP contribution in [0.3, 0.4) is 0 Å². The molecule has 2 aromatic rings. The molecule has 1 aromatic carbocycles. The van der Waals surface area contributed by atoms with Crippen LogP contribution in [-0.2, 0) is 4.74 Å². The molecule has 0 saturated heterocycles. The van der Waals surface area contributed by atoms with Gasteiger partial charge in [-0.1, -0.05) is 11.6 Å². The molecule has 6 nitrogen and oxygen atoms in total. The van der Waals surface area contributed by atoms with Gasteiger partial charge in [0.1, 0.15) is 5.76 Å².